The van der Waals surface area contributed by atoms with Crippen LogP contribution in [-0.2, 0) is 29.0 Å². The van der Waals surface area contributed by atoms with Crippen LogP contribution < -0.4 is 5.32 Å². The minimum Gasteiger partial charge on any atom is -0.356 e. The van der Waals surface area contributed by atoms with Gasteiger partial charge in [0.05, 0.1) is 17.5 Å². The Morgan fingerprint density at radius 1 is 1.03 bits per heavy atom. The lowest BCUT2D eigenvalue weighted by atomic mass is 9.99. The predicted octanol–water partition coefficient (Wildman–Crippen LogP) is 5.02. The van der Waals surface area contributed by atoms with Crippen LogP contribution in [0.4, 0.5) is 0 Å². The highest BCUT2D eigenvalue weighted by atomic mass is 35.5. The Kier molecular flexibility index (Phi) is 8.80. The standard InChI is InChI=1S/C28H35ClN4O2/c1-21-14-17-32(18-15-21)28(35)20-33-25-8-5-4-7-24(25)31-26(33)9-3-2-6-16-30-27(34)19-22-10-12-23(29)13-11-22/h4-5,7-8,10-13,21H,2-3,6,9,14-20H2,1H3,(H,30,34). The molecule has 35 heavy (non-hydrogen) atoms. The van der Waals surface area contributed by atoms with Crippen molar-refractivity contribution >= 4 is 34.4 Å². The first-order chi connectivity index (χ1) is 17.0. The summed E-state index contributed by atoms with van der Waals surface area (Å²) >= 11 is 5.90. The predicted molar refractivity (Wildman–Crippen MR) is 140 cm³/mol. The van der Waals surface area contributed by atoms with Gasteiger partial charge in [-0.05, 0) is 61.4 Å². The minimum atomic E-state index is 0.0275. The number of halogens is 1. The molecule has 6 nitrogen and oxygen atoms in total. The molecule has 186 valence electrons. The molecule has 1 fully saturated rings. The summed E-state index contributed by atoms with van der Waals surface area (Å²) in [6, 6.07) is 15.4. The molecule has 0 bridgehead atoms. The smallest absolute Gasteiger partial charge is 0.242 e. The summed E-state index contributed by atoms with van der Waals surface area (Å²) in [6.07, 6.45) is 6.22. The van der Waals surface area contributed by atoms with E-state index in [2.05, 4.69) is 16.8 Å². The number of amides is 2. The summed E-state index contributed by atoms with van der Waals surface area (Å²) in [5.41, 5.74) is 2.92. The number of nitrogens with zero attached hydrogens (tertiary/aromatic N) is 3. The van der Waals surface area contributed by atoms with Gasteiger partial charge in [-0.1, -0.05) is 49.2 Å². The van der Waals surface area contributed by atoms with Gasteiger partial charge in [0.15, 0.2) is 0 Å². The van der Waals surface area contributed by atoms with E-state index in [9.17, 15) is 9.59 Å². The Morgan fingerprint density at radius 3 is 2.54 bits per heavy atom. The molecular weight excluding hydrogens is 460 g/mol. The number of aromatic nitrogens is 2. The number of para-hydroxylation sites is 2. The number of aryl methyl sites for hydroxylation is 1. The van der Waals surface area contributed by atoms with Crippen molar-refractivity contribution in [2.45, 2.75) is 58.4 Å². The molecule has 0 aliphatic carbocycles. The summed E-state index contributed by atoms with van der Waals surface area (Å²) < 4.78 is 2.10. The Labute approximate surface area is 212 Å². The van der Waals surface area contributed by atoms with Gasteiger partial charge < -0.3 is 14.8 Å². The van der Waals surface area contributed by atoms with Crippen LogP contribution in [0.25, 0.3) is 11.0 Å². The van der Waals surface area contributed by atoms with Crippen molar-refractivity contribution in [3.05, 3.63) is 64.9 Å². The number of carbonyl (C=O) groups excluding carboxylic acids is 2. The van der Waals surface area contributed by atoms with Crippen LogP contribution in [0, 0.1) is 5.92 Å². The summed E-state index contributed by atoms with van der Waals surface area (Å²) in [5.74, 6) is 1.88. The fourth-order valence-electron chi connectivity index (χ4n) is 4.65. The molecule has 4 rings (SSSR count). The zero-order chi connectivity index (χ0) is 24.6. The second-order valence-electron chi connectivity index (χ2n) is 9.63. The van der Waals surface area contributed by atoms with Crippen LogP contribution in [0.1, 0.15) is 50.4 Å². The van der Waals surface area contributed by atoms with E-state index in [1.165, 1.54) is 0 Å². The Bertz CT molecular complexity index is 1130. The number of hydrogen-bond acceptors (Lipinski definition) is 3. The Morgan fingerprint density at radius 2 is 1.77 bits per heavy atom. The van der Waals surface area contributed by atoms with Crippen LogP contribution in [0.3, 0.4) is 0 Å². The molecule has 3 aromatic rings. The van der Waals surface area contributed by atoms with Crippen molar-refractivity contribution in [2.75, 3.05) is 19.6 Å². The van der Waals surface area contributed by atoms with Gasteiger partial charge in [-0.25, -0.2) is 4.98 Å². The largest absolute Gasteiger partial charge is 0.356 e. The molecule has 0 radical (unpaired) electrons. The van der Waals surface area contributed by atoms with E-state index in [4.69, 9.17) is 16.6 Å². The van der Waals surface area contributed by atoms with Crippen molar-refractivity contribution < 1.29 is 9.59 Å². The number of nitrogens with one attached hydrogen (secondary N) is 1. The molecule has 0 saturated carbocycles. The number of carbonyl (C=O) groups is 2. The van der Waals surface area contributed by atoms with Gasteiger partial charge in [0.1, 0.15) is 12.4 Å². The van der Waals surface area contributed by atoms with Crippen LogP contribution in [0.2, 0.25) is 5.02 Å². The van der Waals surface area contributed by atoms with Crippen LogP contribution >= 0.6 is 11.6 Å². The third-order valence-electron chi connectivity index (χ3n) is 6.84. The molecule has 2 aromatic carbocycles. The van der Waals surface area contributed by atoms with Gasteiger partial charge in [-0.15, -0.1) is 0 Å². The molecule has 2 heterocycles. The number of likely N-dealkylation sites (tertiary alicyclic amines) is 1. The second kappa shape index (κ2) is 12.2. The first-order valence-corrected chi connectivity index (χ1v) is 13.1. The zero-order valence-corrected chi connectivity index (χ0v) is 21.3. The lowest BCUT2D eigenvalue weighted by molar-refractivity contribution is -0.133. The quantitative estimate of drug-likeness (QED) is 0.402. The topological polar surface area (TPSA) is 67.2 Å². The van der Waals surface area contributed by atoms with E-state index in [0.717, 1.165) is 74.0 Å². The van der Waals surface area contributed by atoms with Crippen molar-refractivity contribution in [3.8, 4) is 0 Å². The first-order valence-electron chi connectivity index (χ1n) is 12.7. The minimum absolute atomic E-state index is 0.0275. The molecule has 1 saturated heterocycles. The van der Waals surface area contributed by atoms with Gasteiger partial charge >= 0.3 is 0 Å². The maximum atomic E-state index is 13.0. The van der Waals surface area contributed by atoms with Crippen LogP contribution in [0.15, 0.2) is 48.5 Å². The van der Waals surface area contributed by atoms with Gasteiger partial charge in [0.25, 0.3) is 0 Å². The Balaban J connectivity index is 1.25. The molecule has 0 spiro atoms. The Hall–Kier alpha value is -2.86. The zero-order valence-electron chi connectivity index (χ0n) is 20.5. The number of piperidine rings is 1. The molecule has 0 unspecified atom stereocenters. The van der Waals surface area contributed by atoms with E-state index in [1.807, 2.05) is 41.3 Å². The maximum Gasteiger partial charge on any atom is 0.242 e. The number of hydrogen-bond donors (Lipinski definition) is 1. The lowest BCUT2D eigenvalue weighted by Gasteiger charge is -2.30. The van der Waals surface area contributed by atoms with Gasteiger partial charge in [0, 0.05) is 31.1 Å². The van der Waals surface area contributed by atoms with E-state index in [1.54, 1.807) is 12.1 Å². The fourth-order valence-corrected chi connectivity index (χ4v) is 4.77. The molecule has 1 aromatic heterocycles. The average Bonchev–Trinajstić information content (AvgIpc) is 3.20. The number of imidazole rings is 1. The fraction of sp³-hybridized carbons (Fsp3) is 0.464. The number of fused-ring (bicyclic) bond motifs is 1. The highest BCUT2D eigenvalue weighted by molar-refractivity contribution is 6.30. The van der Waals surface area contributed by atoms with E-state index >= 15 is 0 Å². The van der Waals surface area contributed by atoms with Crippen LogP contribution in [-0.4, -0.2) is 45.9 Å². The SMILES string of the molecule is CC1CCN(C(=O)Cn2c(CCCCCNC(=O)Cc3ccc(Cl)cc3)nc3ccccc32)CC1. The first kappa shape index (κ1) is 25.2. The molecule has 1 aliphatic rings. The van der Waals surface area contributed by atoms with Crippen LogP contribution in [0.5, 0.6) is 0 Å². The van der Waals surface area contributed by atoms with Crippen molar-refractivity contribution in [3.63, 3.8) is 0 Å². The molecule has 7 heteroatoms. The third kappa shape index (κ3) is 7.07. The normalized spacial score (nSPS) is 14.4. The maximum absolute atomic E-state index is 13.0. The number of rotatable bonds is 10. The molecule has 0 atom stereocenters. The lowest BCUT2D eigenvalue weighted by Crippen LogP contribution is -2.39. The summed E-state index contributed by atoms with van der Waals surface area (Å²) in [4.78, 5) is 32.0. The molecular formula is C28H35ClN4O2. The summed E-state index contributed by atoms with van der Waals surface area (Å²) in [7, 11) is 0. The summed E-state index contributed by atoms with van der Waals surface area (Å²) in [6.45, 7) is 4.98. The monoisotopic (exact) mass is 494 g/mol. The highest BCUT2D eigenvalue weighted by Gasteiger charge is 2.22. The number of unbranched alkanes of at least 4 members (excludes halogenated alkanes) is 2. The van der Waals surface area contributed by atoms with E-state index in [0.29, 0.717) is 30.5 Å². The van der Waals surface area contributed by atoms with Crippen molar-refractivity contribution in [1.82, 2.24) is 19.8 Å². The van der Waals surface area contributed by atoms with E-state index in [-0.39, 0.29) is 11.8 Å². The van der Waals surface area contributed by atoms with Gasteiger partial charge in [-0.3, -0.25) is 9.59 Å². The summed E-state index contributed by atoms with van der Waals surface area (Å²) in [5, 5.41) is 3.67. The third-order valence-corrected chi connectivity index (χ3v) is 7.09. The highest BCUT2D eigenvalue weighted by Crippen LogP contribution is 2.20. The van der Waals surface area contributed by atoms with E-state index < -0.39 is 0 Å². The average molecular weight is 495 g/mol. The van der Waals surface area contributed by atoms with Gasteiger partial charge in [-0.2, -0.15) is 0 Å². The molecule has 1 N–H and O–H groups in total. The molecule has 1 aliphatic heterocycles. The second-order valence-corrected chi connectivity index (χ2v) is 10.1. The van der Waals surface area contributed by atoms with Crippen molar-refractivity contribution in [2.24, 2.45) is 5.92 Å². The van der Waals surface area contributed by atoms with Gasteiger partial charge in [0.2, 0.25) is 11.8 Å². The number of benzene rings is 2. The molecule has 2 amide bonds. The van der Waals surface area contributed by atoms with Crippen molar-refractivity contribution in [1.29, 1.82) is 0 Å².